The number of hydrogen-bond donors (Lipinski definition) is 2. The Morgan fingerprint density at radius 1 is 1.35 bits per heavy atom. The van der Waals surface area contributed by atoms with Crippen LogP contribution in [0.1, 0.15) is 39.6 Å². The smallest absolute Gasteiger partial charge is 0.221 e. The SMILES string of the molecule is Cc1ccc([C@H]2CC(=O)NCc3nc(N)sc32)cc1C. The summed E-state index contributed by atoms with van der Waals surface area (Å²) in [4.78, 5) is 17.4. The summed E-state index contributed by atoms with van der Waals surface area (Å²) in [6, 6.07) is 6.38. The number of nitrogens with zero attached hydrogens (tertiary/aromatic N) is 1. The monoisotopic (exact) mass is 287 g/mol. The van der Waals surface area contributed by atoms with Gasteiger partial charge in [-0.2, -0.15) is 0 Å². The van der Waals surface area contributed by atoms with Gasteiger partial charge < -0.3 is 11.1 Å². The molecular formula is C15H17N3OS. The van der Waals surface area contributed by atoms with Crippen molar-refractivity contribution in [3.63, 3.8) is 0 Å². The maximum absolute atomic E-state index is 11.9. The Labute approximate surface area is 122 Å². The molecule has 2 aromatic rings. The highest BCUT2D eigenvalue weighted by molar-refractivity contribution is 7.15. The number of carbonyl (C=O) groups is 1. The van der Waals surface area contributed by atoms with Crippen LogP contribution in [0.2, 0.25) is 0 Å². The van der Waals surface area contributed by atoms with Crippen LogP contribution in [-0.2, 0) is 11.3 Å². The molecule has 0 saturated heterocycles. The van der Waals surface area contributed by atoms with Gasteiger partial charge >= 0.3 is 0 Å². The van der Waals surface area contributed by atoms with Crippen LogP contribution in [0, 0.1) is 13.8 Å². The van der Waals surface area contributed by atoms with E-state index in [1.807, 2.05) is 0 Å². The van der Waals surface area contributed by atoms with Crippen molar-refractivity contribution in [1.29, 1.82) is 0 Å². The zero-order valence-electron chi connectivity index (χ0n) is 11.6. The predicted molar refractivity (Wildman–Crippen MR) is 80.7 cm³/mol. The summed E-state index contributed by atoms with van der Waals surface area (Å²) in [6.07, 6.45) is 0.455. The minimum atomic E-state index is 0.0570. The maximum atomic E-state index is 11.9. The molecule has 0 fully saturated rings. The average molecular weight is 287 g/mol. The van der Waals surface area contributed by atoms with Crippen molar-refractivity contribution in [1.82, 2.24) is 10.3 Å². The molecule has 1 atom stereocenters. The molecule has 0 spiro atoms. The van der Waals surface area contributed by atoms with Crippen molar-refractivity contribution in [3.05, 3.63) is 45.5 Å². The number of carbonyl (C=O) groups excluding carboxylic acids is 1. The Bertz CT molecular complexity index is 678. The first-order chi connectivity index (χ1) is 9.54. The van der Waals surface area contributed by atoms with E-state index in [0.717, 1.165) is 16.1 Å². The Morgan fingerprint density at radius 2 is 2.15 bits per heavy atom. The largest absolute Gasteiger partial charge is 0.375 e. The summed E-state index contributed by atoms with van der Waals surface area (Å²) in [5, 5.41) is 3.46. The highest BCUT2D eigenvalue weighted by Crippen LogP contribution is 2.37. The molecule has 104 valence electrons. The van der Waals surface area contributed by atoms with Crippen molar-refractivity contribution in [2.75, 3.05) is 5.73 Å². The Kier molecular flexibility index (Phi) is 3.22. The van der Waals surface area contributed by atoms with Crippen molar-refractivity contribution in [2.45, 2.75) is 32.7 Å². The van der Waals surface area contributed by atoms with Gasteiger partial charge in [0.25, 0.3) is 0 Å². The number of fused-ring (bicyclic) bond motifs is 1. The van der Waals surface area contributed by atoms with Gasteiger partial charge in [0.2, 0.25) is 5.91 Å². The first-order valence-corrected chi connectivity index (χ1v) is 7.45. The Morgan fingerprint density at radius 3 is 2.90 bits per heavy atom. The molecule has 0 bridgehead atoms. The Balaban J connectivity index is 2.09. The molecule has 2 heterocycles. The second kappa shape index (κ2) is 4.90. The van der Waals surface area contributed by atoms with Gasteiger partial charge in [-0.25, -0.2) is 4.98 Å². The van der Waals surface area contributed by atoms with Gasteiger partial charge in [0.15, 0.2) is 5.13 Å². The van der Waals surface area contributed by atoms with Crippen molar-refractivity contribution >= 4 is 22.4 Å². The fraction of sp³-hybridized carbons (Fsp3) is 0.333. The lowest BCUT2D eigenvalue weighted by atomic mass is 9.91. The predicted octanol–water partition coefficient (Wildman–Crippen LogP) is 2.49. The highest BCUT2D eigenvalue weighted by atomic mass is 32.1. The molecule has 1 aliphatic rings. The van der Waals surface area contributed by atoms with Gasteiger partial charge in [-0.15, -0.1) is 11.3 Å². The van der Waals surface area contributed by atoms with Gasteiger partial charge in [-0.05, 0) is 30.5 Å². The molecule has 4 nitrogen and oxygen atoms in total. The molecule has 1 amide bonds. The minimum absolute atomic E-state index is 0.0570. The zero-order valence-corrected chi connectivity index (χ0v) is 12.4. The van der Waals surface area contributed by atoms with E-state index < -0.39 is 0 Å². The fourth-order valence-electron chi connectivity index (χ4n) is 2.56. The van der Waals surface area contributed by atoms with E-state index in [2.05, 4.69) is 42.3 Å². The zero-order chi connectivity index (χ0) is 14.3. The van der Waals surface area contributed by atoms with Crippen LogP contribution in [0.5, 0.6) is 0 Å². The van der Waals surface area contributed by atoms with Crippen LogP contribution in [0.4, 0.5) is 5.13 Å². The molecule has 3 rings (SSSR count). The number of aromatic nitrogens is 1. The number of anilines is 1. The average Bonchev–Trinajstić information content (AvgIpc) is 2.71. The van der Waals surface area contributed by atoms with Crippen LogP contribution in [0.3, 0.4) is 0 Å². The third-order valence-electron chi connectivity index (χ3n) is 3.84. The van der Waals surface area contributed by atoms with Crippen molar-refractivity contribution in [3.8, 4) is 0 Å². The summed E-state index contributed by atoms with van der Waals surface area (Å²) in [7, 11) is 0. The number of nitrogens with one attached hydrogen (secondary N) is 1. The van der Waals surface area contributed by atoms with Crippen LogP contribution < -0.4 is 11.1 Å². The van der Waals surface area contributed by atoms with Gasteiger partial charge in [0.1, 0.15) is 0 Å². The van der Waals surface area contributed by atoms with E-state index >= 15 is 0 Å². The number of amides is 1. The number of nitrogen functional groups attached to an aromatic ring is 1. The lowest BCUT2D eigenvalue weighted by Gasteiger charge is -2.15. The van der Waals surface area contributed by atoms with Gasteiger partial charge in [0, 0.05) is 17.2 Å². The standard InChI is InChI=1S/C15H17N3OS/c1-8-3-4-10(5-9(8)2)11-6-13(19)17-7-12-14(11)20-15(16)18-12/h3-5,11H,6-7H2,1-2H3,(H2,16,18)(H,17,19)/t11-/m1/s1. The number of aryl methyl sites for hydroxylation is 2. The second-order valence-electron chi connectivity index (χ2n) is 5.24. The quantitative estimate of drug-likeness (QED) is 0.846. The van der Waals surface area contributed by atoms with Crippen LogP contribution in [0.25, 0.3) is 0 Å². The molecule has 0 radical (unpaired) electrons. The normalized spacial score (nSPS) is 18.3. The van der Waals surface area contributed by atoms with E-state index in [-0.39, 0.29) is 11.8 Å². The first-order valence-electron chi connectivity index (χ1n) is 6.63. The lowest BCUT2D eigenvalue weighted by molar-refractivity contribution is -0.121. The summed E-state index contributed by atoms with van der Waals surface area (Å²) in [5.41, 5.74) is 10.4. The van der Waals surface area contributed by atoms with Crippen molar-refractivity contribution in [2.24, 2.45) is 0 Å². The van der Waals surface area contributed by atoms with E-state index in [0.29, 0.717) is 18.1 Å². The number of nitrogens with two attached hydrogens (primary N) is 1. The molecule has 1 aliphatic heterocycles. The topological polar surface area (TPSA) is 68.0 Å². The molecule has 0 saturated carbocycles. The molecule has 1 aromatic carbocycles. The van der Waals surface area contributed by atoms with Crippen LogP contribution >= 0.6 is 11.3 Å². The third kappa shape index (κ3) is 2.29. The fourth-order valence-corrected chi connectivity index (χ4v) is 3.54. The molecule has 5 heteroatoms. The lowest BCUT2D eigenvalue weighted by Crippen LogP contribution is -2.21. The Hall–Kier alpha value is -1.88. The molecule has 20 heavy (non-hydrogen) atoms. The summed E-state index contributed by atoms with van der Waals surface area (Å²) >= 11 is 1.49. The van der Waals surface area contributed by atoms with Gasteiger partial charge in [-0.1, -0.05) is 18.2 Å². The van der Waals surface area contributed by atoms with Crippen LogP contribution in [-0.4, -0.2) is 10.9 Å². The van der Waals surface area contributed by atoms with Gasteiger partial charge in [-0.3, -0.25) is 4.79 Å². The van der Waals surface area contributed by atoms with E-state index in [4.69, 9.17) is 5.73 Å². The highest BCUT2D eigenvalue weighted by Gasteiger charge is 2.27. The minimum Gasteiger partial charge on any atom is -0.375 e. The summed E-state index contributed by atoms with van der Waals surface area (Å²) in [6.45, 7) is 4.66. The van der Waals surface area contributed by atoms with Gasteiger partial charge in [0.05, 0.1) is 12.2 Å². The number of hydrogen-bond acceptors (Lipinski definition) is 4. The molecular weight excluding hydrogens is 270 g/mol. The van der Waals surface area contributed by atoms with Crippen LogP contribution in [0.15, 0.2) is 18.2 Å². The first kappa shape index (κ1) is 13.1. The summed E-state index contributed by atoms with van der Waals surface area (Å²) in [5.74, 6) is 0.124. The molecule has 3 N–H and O–H groups in total. The van der Waals surface area contributed by atoms with E-state index in [1.54, 1.807) is 0 Å². The maximum Gasteiger partial charge on any atom is 0.221 e. The summed E-state index contributed by atoms with van der Waals surface area (Å²) < 4.78 is 0. The van der Waals surface area contributed by atoms with E-state index in [9.17, 15) is 4.79 Å². The third-order valence-corrected chi connectivity index (χ3v) is 4.88. The molecule has 0 unspecified atom stereocenters. The van der Waals surface area contributed by atoms with E-state index in [1.165, 1.54) is 22.5 Å². The number of thiazole rings is 1. The van der Waals surface area contributed by atoms with Crippen molar-refractivity contribution < 1.29 is 4.79 Å². The molecule has 1 aromatic heterocycles. The molecule has 0 aliphatic carbocycles. The number of rotatable bonds is 1. The number of benzene rings is 1. The second-order valence-corrected chi connectivity index (χ2v) is 6.30.